The zero-order valence-corrected chi connectivity index (χ0v) is 16.0. The quantitative estimate of drug-likeness (QED) is 0.734. The molecule has 0 bridgehead atoms. The minimum atomic E-state index is -1.08. The molecule has 2 fully saturated rings. The summed E-state index contributed by atoms with van der Waals surface area (Å²) in [5.74, 6) is 0. The van der Waals surface area contributed by atoms with Gasteiger partial charge in [-0.2, -0.15) is 0 Å². The van der Waals surface area contributed by atoms with E-state index < -0.39 is 41.7 Å². The zero-order chi connectivity index (χ0) is 18.5. The van der Waals surface area contributed by atoms with Crippen LogP contribution in [0, 0.1) is 5.41 Å². The lowest BCUT2D eigenvalue weighted by atomic mass is 9.80. The number of carbonyl (C=O) groups is 1. The van der Waals surface area contributed by atoms with Crippen LogP contribution in [0.5, 0.6) is 0 Å². The molecule has 24 heavy (non-hydrogen) atoms. The minimum absolute atomic E-state index is 0.0367. The Morgan fingerprint density at radius 1 is 1.21 bits per heavy atom. The fourth-order valence-electron chi connectivity index (χ4n) is 2.76. The molecule has 0 saturated carbocycles. The third-order valence-electron chi connectivity index (χ3n) is 5.22. The smallest absolute Gasteiger partial charge is 0.441 e. The Labute approximate surface area is 144 Å². The molecule has 2 aliphatic heterocycles. The van der Waals surface area contributed by atoms with Gasteiger partial charge in [-0.3, -0.25) is 0 Å². The van der Waals surface area contributed by atoms with E-state index in [9.17, 15) is 9.18 Å². The predicted molar refractivity (Wildman–Crippen MR) is 91.2 cm³/mol. The Hall–Kier alpha value is -1.08. The lowest BCUT2D eigenvalue weighted by Crippen LogP contribution is -2.54. The molecule has 0 aromatic rings. The maximum absolute atomic E-state index is 14.7. The van der Waals surface area contributed by atoms with Crippen LogP contribution in [0.15, 0.2) is 11.8 Å². The van der Waals surface area contributed by atoms with Crippen molar-refractivity contribution >= 4 is 13.2 Å². The van der Waals surface area contributed by atoms with E-state index in [1.807, 2.05) is 55.4 Å². The van der Waals surface area contributed by atoms with Crippen LogP contribution in [0.4, 0.5) is 9.18 Å². The van der Waals surface area contributed by atoms with Crippen molar-refractivity contribution in [1.29, 1.82) is 0 Å². The molecule has 2 heterocycles. The molecule has 0 aromatic carbocycles. The zero-order valence-electron chi connectivity index (χ0n) is 16.0. The maximum Gasteiger partial charge on any atom is 0.525 e. The Kier molecular flexibility index (Phi) is 4.83. The Morgan fingerprint density at radius 3 is 2.17 bits per heavy atom. The third-order valence-corrected chi connectivity index (χ3v) is 5.22. The second kappa shape index (κ2) is 6.02. The van der Waals surface area contributed by atoms with Crippen molar-refractivity contribution in [2.45, 2.75) is 78.7 Å². The maximum atomic E-state index is 14.7. The van der Waals surface area contributed by atoms with Crippen molar-refractivity contribution in [1.82, 2.24) is 4.90 Å². The number of carbonyl (C=O) groups excluding carboxylic acids is 1. The van der Waals surface area contributed by atoms with Gasteiger partial charge in [0.1, 0.15) is 11.8 Å². The van der Waals surface area contributed by atoms with E-state index in [4.69, 9.17) is 14.0 Å². The van der Waals surface area contributed by atoms with Gasteiger partial charge in [-0.25, -0.2) is 9.18 Å². The number of hydrogen-bond donors (Lipinski definition) is 0. The SMILES string of the molecule is CC(C)N1CC(C)(C)C(C=C(F)B2OC(C)(C)C(C)(C)O2)OC1=O. The van der Waals surface area contributed by atoms with E-state index in [0.29, 0.717) is 6.54 Å². The van der Waals surface area contributed by atoms with Gasteiger partial charge in [0.15, 0.2) is 0 Å². The number of rotatable bonds is 3. The summed E-state index contributed by atoms with van der Waals surface area (Å²) in [5, 5.41) is 0. The lowest BCUT2D eigenvalue weighted by Gasteiger charge is -2.43. The van der Waals surface area contributed by atoms with Crippen LogP contribution in [-0.4, -0.2) is 48.0 Å². The Morgan fingerprint density at radius 2 is 1.71 bits per heavy atom. The van der Waals surface area contributed by atoms with Gasteiger partial charge in [-0.15, -0.1) is 0 Å². The molecular weight excluding hydrogens is 312 g/mol. The van der Waals surface area contributed by atoms with Gasteiger partial charge in [-0.1, -0.05) is 13.8 Å². The summed E-state index contributed by atoms with van der Waals surface area (Å²) in [7, 11) is -1.08. The molecule has 1 atom stereocenters. The molecule has 1 unspecified atom stereocenters. The normalized spacial score (nSPS) is 29.2. The van der Waals surface area contributed by atoms with Gasteiger partial charge in [0.25, 0.3) is 0 Å². The summed E-state index contributed by atoms with van der Waals surface area (Å²) in [4.78, 5) is 13.8. The van der Waals surface area contributed by atoms with Gasteiger partial charge in [0, 0.05) is 18.0 Å². The average Bonchev–Trinajstić information content (AvgIpc) is 2.62. The van der Waals surface area contributed by atoms with Gasteiger partial charge in [0.2, 0.25) is 0 Å². The van der Waals surface area contributed by atoms with Crippen molar-refractivity contribution in [3.63, 3.8) is 0 Å². The van der Waals surface area contributed by atoms with Crippen LogP contribution in [-0.2, 0) is 14.0 Å². The molecule has 0 radical (unpaired) electrons. The molecule has 7 heteroatoms. The number of ether oxygens (including phenoxy) is 1. The second-order valence-corrected chi connectivity index (χ2v) is 8.65. The van der Waals surface area contributed by atoms with Gasteiger partial charge >= 0.3 is 13.2 Å². The van der Waals surface area contributed by atoms with Gasteiger partial charge in [-0.05, 0) is 47.6 Å². The number of nitrogens with zero attached hydrogens (tertiary/aromatic N) is 1. The van der Waals surface area contributed by atoms with Crippen LogP contribution in [0.3, 0.4) is 0 Å². The molecule has 0 spiro atoms. The molecule has 136 valence electrons. The molecule has 0 N–H and O–H groups in total. The van der Waals surface area contributed by atoms with E-state index in [1.54, 1.807) is 4.90 Å². The highest BCUT2D eigenvalue weighted by atomic mass is 19.1. The van der Waals surface area contributed by atoms with Crippen molar-refractivity contribution in [3.05, 3.63) is 11.8 Å². The topological polar surface area (TPSA) is 48.0 Å². The summed E-state index contributed by atoms with van der Waals surface area (Å²) in [6, 6.07) is 0.0367. The van der Waals surface area contributed by atoms with Crippen LogP contribution in [0.1, 0.15) is 55.4 Å². The molecular formula is C17H29BFNO4. The first-order chi connectivity index (χ1) is 10.8. The molecule has 5 nitrogen and oxygen atoms in total. The molecule has 2 saturated heterocycles. The highest BCUT2D eigenvalue weighted by Gasteiger charge is 2.53. The highest BCUT2D eigenvalue weighted by Crippen LogP contribution is 2.40. The first-order valence-corrected chi connectivity index (χ1v) is 8.47. The largest absolute Gasteiger partial charge is 0.525 e. The van der Waals surface area contributed by atoms with Crippen molar-refractivity contribution in [2.24, 2.45) is 5.41 Å². The second-order valence-electron chi connectivity index (χ2n) is 8.65. The number of hydrogen-bond acceptors (Lipinski definition) is 4. The lowest BCUT2D eigenvalue weighted by molar-refractivity contribution is -0.0363. The summed E-state index contributed by atoms with van der Waals surface area (Å²) in [5.41, 5.74) is -2.21. The monoisotopic (exact) mass is 341 g/mol. The number of cyclic esters (lactones) is 1. The molecule has 0 aromatic heterocycles. The van der Waals surface area contributed by atoms with Crippen molar-refractivity contribution < 1.29 is 23.2 Å². The first-order valence-electron chi connectivity index (χ1n) is 8.47. The van der Waals surface area contributed by atoms with Crippen LogP contribution in [0.2, 0.25) is 0 Å². The molecule has 2 aliphatic rings. The molecule has 2 rings (SSSR count). The van der Waals surface area contributed by atoms with Crippen molar-refractivity contribution in [2.75, 3.05) is 6.54 Å². The van der Waals surface area contributed by atoms with Crippen LogP contribution < -0.4 is 0 Å². The van der Waals surface area contributed by atoms with E-state index in [-0.39, 0.29) is 6.04 Å². The van der Waals surface area contributed by atoms with Gasteiger partial charge in [0.05, 0.1) is 11.2 Å². The van der Waals surface area contributed by atoms with Crippen molar-refractivity contribution in [3.8, 4) is 0 Å². The molecule has 0 aliphatic carbocycles. The van der Waals surface area contributed by atoms with Crippen LogP contribution in [0.25, 0.3) is 0 Å². The van der Waals surface area contributed by atoms with E-state index >= 15 is 0 Å². The summed E-state index contributed by atoms with van der Waals surface area (Å²) >= 11 is 0. The molecule has 1 amide bonds. The van der Waals surface area contributed by atoms with Crippen LogP contribution >= 0.6 is 0 Å². The summed E-state index contributed by atoms with van der Waals surface area (Å²) in [6.07, 6.45) is 0.226. The standard InChI is InChI=1S/C17H29BFNO4/c1-11(2)20-10-15(3,4)12(22-14(20)21)9-13(19)18-23-16(5,6)17(7,8)24-18/h9,11-12H,10H2,1-8H3. The minimum Gasteiger partial charge on any atom is -0.441 e. The van der Waals surface area contributed by atoms with E-state index in [2.05, 4.69) is 0 Å². The number of halogens is 1. The fourth-order valence-corrected chi connectivity index (χ4v) is 2.76. The fraction of sp³-hybridized carbons (Fsp3) is 0.824. The predicted octanol–water partition coefficient (Wildman–Crippen LogP) is 3.73. The first kappa shape index (κ1) is 19.3. The van der Waals surface area contributed by atoms with E-state index in [1.165, 1.54) is 6.08 Å². The Bertz CT molecular complexity index is 529. The summed E-state index contributed by atoms with van der Waals surface area (Å²) < 4.78 is 31.6. The average molecular weight is 341 g/mol. The number of amides is 1. The third kappa shape index (κ3) is 3.47. The summed E-state index contributed by atoms with van der Waals surface area (Å²) in [6.45, 7) is 15.7. The van der Waals surface area contributed by atoms with Gasteiger partial charge < -0.3 is 18.9 Å². The highest BCUT2D eigenvalue weighted by molar-refractivity contribution is 6.53. The Balaban J connectivity index is 2.17. The van der Waals surface area contributed by atoms with E-state index in [0.717, 1.165) is 0 Å².